The molecule has 1 N–H and O–H groups in total. The third kappa shape index (κ3) is 4.19. The Bertz CT molecular complexity index is 554. The van der Waals surface area contributed by atoms with Gasteiger partial charge in [-0.25, -0.2) is 0 Å². The number of para-hydroxylation sites is 1. The molecule has 0 atom stereocenters. The third-order valence-electron chi connectivity index (χ3n) is 2.89. The van der Waals surface area contributed by atoms with Crippen LogP contribution in [0, 0.1) is 13.8 Å². The highest BCUT2D eigenvalue weighted by Gasteiger charge is 2.01. The third-order valence-corrected chi connectivity index (χ3v) is 4.38. The smallest absolute Gasteiger partial charge is 0.0637 e. The number of nitrogens with one attached hydrogen (secondary N) is 1. The van der Waals surface area contributed by atoms with Crippen molar-refractivity contribution in [1.29, 1.82) is 0 Å². The van der Waals surface area contributed by atoms with Crippen molar-refractivity contribution in [1.82, 2.24) is 0 Å². The number of aryl methyl sites for hydroxylation is 2. The number of hydrogen-bond donors (Lipinski definition) is 1. The molecule has 0 saturated heterocycles. The average molecular weight is 292 g/mol. The van der Waals surface area contributed by atoms with Crippen molar-refractivity contribution in [2.24, 2.45) is 0 Å². The summed E-state index contributed by atoms with van der Waals surface area (Å²) in [6.45, 7) is 5.19. The summed E-state index contributed by atoms with van der Waals surface area (Å²) in [5.74, 6) is 1.02. The molecule has 0 fully saturated rings. The minimum atomic E-state index is 0.777. The van der Waals surface area contributed by atoms with Crippen molar-refractivity contribution in [2.45, 2.75) is 18.7 Å². The lowest BCUT2D eigenvalue weighted by Gasteiger charge is -2.09. The molecule has 2 aromatic carbocycles. The summed E-state index contributed by atoms with van der Waals surface area (Å²) < 4.78 is 0. The summed E-state index contributed by atoms with van der Waals surface area (Å²) in [5, 5.41) is 4.14. The maximum atomic E-state index is 6.10. The zero-order valence-electron chi connectivity index (χ0n) is 11.2. The fourth-order valence-electron chi connectivity index (χ4n) is 1.81. The number of thioether (sulfide) groups is 1. The molecule has 0 aromatic heterocycles. The zero-order chi connectivity index (χ0) is 13.7. The second-order valence-corrected chi connectivity index (χ2v) is 6.07. The van der Waals surface area contributed by atoms with Gasteiger partial charge in [0.15, 0.2) is 0 Å². The minimum Gasteiger partial charge on any atom is -0.383 e. The van der Waals surface area contributed by atoms with Crippen molar-refractivity contribution in [2.75, 3.05) is 17.6 Å². The van der Waals surface area contributed by atoms with Crippen molar-refractivity contribution in [3.8, 4) is 0 Å². The molecule has 0 aliphatic heterocycles. The van der Waals surface area contributed by atoms with Gasteiger partial charge in [0, 0.05) is 17.2 Å². The Balaban J connectivity index is 1.84. The Morgan fingerprint density at radius 3 is 2.68 bits per heavy atom. The number of benzene rings is 2. The summed E-state index contributed by atoms with van der Waals surface area (Å²) in [6, 6.07) is 14.4. The Morgan fingerprint density at radius 1 is 1.11 bits per heavy atom. The molecule has 0 unspecified atom stereocenters. The quantitative estimate of drug-likeness (QED) is 0.603. The lowest BCUT2D eigenvalue weighted by molar-refractivity contribution is 1.21. The summed E-state index contributed by atoms with van der Waals surface area (Å²) in [6.07, 6.45) is 0. The molecule has 2 aromatic rings. The minimum absolute atomic E-state index is 0.777. The zero-order valence-corrected chi connectivity index (χ0v) is 12.8. The van der Waals surface area contributed by atoms with Crippen LogP contribution in [0.3, 0.4) is 0 Å². The van der Waals surface area contributed by atoms with E-state index in [1.165, 1.54) is 16.0 Å². The highest BCUT2D eigenvalue weighted by Crippen LogP contribution is 2.24. The van der Waals surface area contributed by atoms with Gasteiger partial charge in [-0.15, -0.1) is 11.8 Å². The fourth-order valence-corrected chi connectivity index (χ4v) is 3.01. The predicted molar refractivity (Wildman–Crippen MR) is 86.6 cm³/mol. The molecule has 3 heteroatoms. The van der Waals surface area contributed by atoms with E-state index in [0.29, 0.717) is 0 Å². The van der Waals surface area contributed by atoms with Crippen molar-refractivity contribution >= 4 is 29.1 Å². The van der Waals surface area contributed by atoms with E-state index in [4.69, 9.17) is 11.6 Å². The van der Waals surface area contributed by atoms with Gasteiger partial charge in [-0.1, -0.05) is 41.4 Å². The monoisotopic (exact) mass is 291 g/mol. The van der Waals surface area contributed by atoms with E-state index in [9.17, 15) is 0 Å². The summed E-state index contributed by atoms with van der Waals surface area (Å²) in [7, 11) is 0. The maximum Gasteiger partial charge on any atom is 0.0637 e. The van der Waals surface area contributed by atoms with E-state index < -0.39 is 0 Å². The largest absolute Gasteiger partial charge is 0.383 e. The second-order valence-electron chi connectivity index (χ2n) is 4.52. The Labute approximate surface area is 124 Å². The van der Waals surface area contributed by atoms with Crippen LogP contribution in [-0.2, 0) is 0 Å². The molecule has 0 heterocycles. The Morgan fingerprint density at radius 2 is 1.89 bits per heavy atom. The second kappa shape index (κ2) is 6.88. The van der Waals surface area contributed by atoms with Crippen molar-refractivity contribution in [3.05, 3.63) is 58.6 Å². The summed E-state index contributed by atoms with van der Waals surface area (Å²) in [4.78, 5) is 1.36. The molecule has 19 heavy (non-hydrogen) atoms. The molecule has 0 radical (unpaired) electrons. The standard InChI is InChI=1S/C16H18ClNS/c1-12-7-8-13(2)16(11-12)19-10-9-18-15-6-4-3-5-14(15)17/h3-8,11,18H,9-10H2,1-2H3. The normalized spacial score (nSPS) is 10.5. The van der Waals surface area contributed by atoms with Gasteiger partial charge in [0.1, 0.15) is 0 Å². The Kier molecular flexibility index (Phi) is 5.17. The van der Waals surface area contributed by atoms with E-state index in [2.05, 4.69) is 37.4 Å². The molecule has 1 nitrogen and oxygen atoms in total. The van der Waals surface area contributed by atoms with Gasteiger partial charge in [-0.2, -0.15) is 0 Å². The van der Waals surface area contributed by atoms with Gasteiger partial charge in [0.05, 0.1) is 10.7 Å². The van der Waals surface area contributed by atoms with Gasteiger partial charge in [-0.05, 0) is 37.6 Å². The molecule has 0 spiro atoms. The molecule has 0 amide bonds. The van der Waals surface area contributed by atoms with Gasteiger partial charge in [-0.3, -0.25) is 0 Å². The van der Waals surface area contributed by atoms with Crippen LogP contribution in [0.5, 0.6) is 0 Å². The first-order valence-electron chi connectivity index (χ1n) is 6.35. The average Bonchev–Trinajstić information content (AvgIpc) is 2.40. The van der Waals surface area contributed by atoms with Crippen LogP contribution in [0.25, 0.3) is 0 Å². The molecule has 100 valence electrons. The first-order valence-corrected chi connectivity index (χ1v) is 7.71. The van der Waals surface area contributed by atoms with E-state index in [1.54, 1.807) is 0 Å². The number of anilines is 1. The molecule has 0 aliphatic carbocycles. The van der Waals surface area contributed by atoms with Crippen LogP contribution >= 0.6 is 23.4 Å². The van der Waals surface area contributed by atoms with Crippen LogP contribution in [0.15, 0.2) is 47.4 Å². The predicted octanol–water partition coefficient (Wildman–Crippen LogP) is 5.16. The van der Waals surface area contributed by atoms with Gasteiger partial charge >= 0.3 is 0 Å². The van der Waals surface area contributed by atoms with Crippen LogP contribution in [0.1, 0.15) is 11.1 Å². The lowest BCUT2D eigenvalue weighted by atomic mass is 10.2. The molecule has 2 rings (SSSR count). The van der Waals surface area contributed by atoms with Gasteiger partial charge < -0.3 is 5.32 Å². The first-order chi connectivity index (χ1) is 9.16. The highest BCUT2D eigenvalue weighted by atomic mass is 35.5. The SMILES string of the molecule is Cc1ccc(C)c(SCCNc2ccccc2Cl)c1. The highest BCUT2D eigenvalue weighted by molar-refractivity contribution is 7.99. The lowest BCUT2D eigenvalue weighted by Crippen LogP contribution is -2.04. The van der Waals surface area contributed by atoms with Gasteiger partial charge in [0.25, 0.3) is 0 Å². The topological polar surface area (TPSA) is 12.0 Å². The molecule has 0 bridgehead atoms. The molecular formula is C16H18ClNS. The van der Waals surface area contributed by atoms with Crippen molar-refractivity contribution in [3.63, 3.8) is 0 Å². The van der Waals surface area contributed by atoms with E-state index in [1.807, 2.05) is 36.0 Å². The van der Waals surface area contributed by atoms with Crippen LogP contribution in [-0.4, -0.2) is 12.3 Å². The van der Waals surface area contributed by atoms with Gasteiger partial charge in [0.2, 0.25) is 0 Å². The van der Waals surface area contributed by atoms with Crippen molar-refractivity contribution < 1.29 is 0 Å². The van der Waals surface area contributed by atoms with E-state index >= 15 is 0 Å². The Hall–Kier alpha value is -1.12. The van der Waals surface area contributed by atoms with E-state index in [-0.39, 0.29) is 0 Å². The van der Waals surface area contributed by atoms with Crippen LogP contribution in [0.4, 0.5) is 5.69 Å². The molecular weight excluding hydrogens is 274 g/mol. The van der Waals surface area contributed by atoms with E-state index in [0.717, 1.165) is 23.0 Å². The maximum absolute atomic E-state index is 6.10. The summed E-state index contributed by atoms with van der Waals surface area (Å²) >= 11 is 7.98. The van der Waals surface area contributed by atoms with Crippen LogP contribution in [0.2, 0.25) is 5.02 Å². The number of halogens is 1. The first kappa shape index (κ1) is 14.3. The molecule has 0 saturated carbocycles. The summed E-state index contributed by atoms with van der Waals surface area (Å²) in [5.41, 5.74) is 3.66. The molecule has 0 aliphatic rings. The fraction of sp³-hybridized carbons (Fsp3) is 0.250. The number of hydrogen-bond acceptors (Lipinski definition) is 2. The number of rotatable bonds is 5. The van der Waals surface area contributed by atoms with Crippen LogP contribution < -0.4 is 5.32 Å².